The maximum atomic E-state index is 12.6. The fourth-order valence-electron chi connectivity index (χ4n) is 4.47. The molecule has 0 spiro atoms. The molecule has 0 aliphatic carbocycles. The van der Waals surface area contributed by atoms with E-state index < -0.39 is 10.0 Å². The number of hydrogen-bond acceptors (Lipinski definition) is 7. The zero-order chi connectivity index (χ0) is 27.4. The van der Waals surface area contributed by atoms with Gasteiger partial charge in [0, 0.05) is 36.2 Å². The summed E-state index contributed by atoms with van der Waals surface area (Å²) >= 11 is 0. The number of aromatic nitrogens is 3. The van der Waals surface area contributed by atoms with Gasteiger partial charge in [0.05, 0.1) is 29.1 Å². The van der Waals surface area contributed by atoms with Crippen molar-refractivity contribution in [3.8, 4) is 11.1 Å². The van der Waals surface area contributed by atoms with Crippen molar-refractivity contribution in [1.29, 1.82) is 0 Å². The van der Waals surface area contributed by atoms with E-state index >= 15 is 0 Å². The Labute approximate surface area is 228 Å². The lowest BCUT2D eigenvalue weighted by Crippen LogP contribution is -2.35. The van der Waals surface area contributed by atoms with Crippen LogP contribution in [-0.4, -0.2) is 54.2 Å². The number of fused-ring (bicyclic) bond motifs is 1. The minimum Gasteiger partial charge on any atom is -0.378 e. The molecule has 39 heavy (non-hydrogen) atoms. The van der Waals surface area contributed by atoms with Gasteiger partial charge in [0.2, 0.25) is 5.95 Å². The average Bonchev–Trinajstić information content (AvgIpc) is 3.29. The zero-order valence-electron chi connectivity index (χ0n) is 21.6. The number of nitrogens with two attached hydrogens (primary N) is 1. The first-order valence-electron chi connectivity index (χ1n) is 12.5. The Kier molecular flexibility index (Phi) is 7.49. The van der Waals surface area contributed by atoms with Crippen LogP contribution in [0.15, 0.2) is 102 Å². The third-order valence-corrected chi connectivity index (χ3v) is 7.87. The highest BCUT2D eigenvalue weighted by Crippen LogP contribution is 2.29. The van der Waals surface area contributed by atoms with Crippen molar-refractivity contribution in [1.82, 2.24) is 19.4 Å². The smallest absolute Gasteiger partial charge is 0.263 e. The Balaban J connectivity index is 1.41. The standard InChI is InChI=1S/C29H30N6O3S/c1-3-24(34-15-17-38-18-16-34)12-9-21(2)35-27-19-22(10-13-26(27)32-29(35)30)23-11-14-28(31-20-23)33-39(36,37)25-7-5-4-6-8-25/h3-14,19-20H,1,15-18H2,2H3,(H2,30,32)(H,31,33). The maximum Gasteiger partial charge on any atom is 0.263 e. The van der Waals surface area contributed by atoms with Crippen molar-refractivity contribution >= 4 is 38.5 Å². The van der Waals surface area contributed by atoms with Crippen molar-refractivity contribution < 1.29 is 13.2 Å². The summed E-state index contributed by atoms with van der Waals surface area (Å²) in [4.78, 5) is 11.3. The number of ether oxygens (including phenoxy) is 1. The molecule has 2 aromatic carbocycles. The number of pyridine rings is 1. The van der Waals surface area contributed by atoms with Gasteiger partial charge in [-0.25, -0.2) is 18.4 Å². The normalized spacial score (nSPS) is 14.9. The topological polar surface area (TPSA) is 115 Å². The molecule has 5 rings (SSSR count). The third kappa shape index (κ3) is 5.71. The molecule has 3 heterocycles. The number of nitrogens with zero attached hydrogens (tertiary/aromatic N) is 4. The second-order valence-corrected chi connectivity index (χ2v) is 10.7. The van der Waals surface area contributed by atoms with E-state index in [0.29, 0.717) is 19.2 Å². The summed E-state index contributed by atoms with van der Waals surface area (Å²) in [7, 11) is -3.72. The van der Waals surface area contributed by atoms with Crippen molar-refractivity contribution in [2.24, 2.45) is 0 Å². The van der Waals surface area contributed by atoms with Gasteiger partial charge in [-0.1, -0.05) is 30.8 Å². The molecular formula is C29H30N6O3S. The SMILES string of the molecule is C=CC(=CC=C(C)n1c(N)nc2ccc(-c3ccc(NS(=O)(=O)c4ccccc4)nc3)cc21)N1CCOCC1. The second-order valence-electron chi connectivity index (χ2n) is 9.06. The largest absolute Gasteiger partial charge is 0.378 e. The predicted octanol–water partition coefficient (Wildman–Crippen LogP) is 4.74. The Morgan fingerprint density at radius 2 is 1.79 bits per heavy atom. The molecule has 4 aromatic rings. The van der Waals surface area contributed by atoms with E-state index in [1.807, 2.05) is 54.0 Å². The van der Waals surface area contributed by atoms with Crippen LogP contribution in [0, 0.1) is 0 Å². The molecule has 9 nitrogen and oxygen atoms in total. The van der Waals surface area contributed by atoms with Gasteiger partial charge in [0.15, 0.2) is 0 Å². The lowest BCUT2D eigenvalue weighted by molar-refractivity contribution is 0.0554. The lowest BCUT2D eigenvalue weighted by atomic mass is 10.1. The Hall–Kier alpha value is -4.41. The predicted molar refractivity (Wildman–Crippen MR) is 155 cm³/mol. The quantitative estimate of drug-likeness (QED) is 0.309. The summed E-state index contributed by atoms with van der Waals surface area (Å²) in [5.41, 5.74) is 11.6. The van der Waals surface area contributed by atoms with Gasteiger partial charge in [0.1, 0.15) is 5.82 Å². The molecule has 2 aromatic heterocycles. The molecule has 0 unspecified atom stereocenters. The fourth-order valence-corrected chi connectivity index (χ4v) is 5.50. The van der Waals surface area contributed by atoms with Gasteiger partial charge in [-0.3, -0.25) is 9.29 Å². The number of hydrogen-bond donors (Lipinski definition) is 2. The van der Waals surface area contributed by atoms with Crippen molar-refractivity contribution in [2.45, 2.75) is 11.8 Å². The van der Waals surface area contributed by atoms with Crippen molar-refractivity contribution in [2.75, 3.05) is 36.8 Å². The first kappa shape index (κ1) is 26.2. The lowest BCUT2D eigenvalue weighted by Gasteiger charge is -2.29. The van der Waals surface area contributed by atoms with Gasteiger partial charge in [0.25, 0.3) is 10.0 Å². The van der Waals surface area contributed by atoms with Crippen molar-refractivity contribution in [3.05, 3.63) is 97.4 Å². The van der Waals surface area contributed by atoms with Crippen LogP contribution >= 0.6 is 0 Å². The Bertz CT molecular complexity index is 1650. The summed E-state index contributed by atoms with van der Waals surface area (Å²) in [5.74, 6) is 0.626. The number of anilines is 2. The van der Waals surface area contributed by atoms with E-state index in [1.54, 1.807) is 30.5 Å². The number of morpholine rings is 1. The highest BCUT2D eigenvalue weighted by atomic mass is 32.2. The molecule has 1 aliphatic rings. The van der Waals surface area contributed by atoms with Gasteiger partial charge < -0.3 is 15.4 Å². The first-order valence-corrected chi connectivity index (χ1v) is 14.0. The van der Waals surface area contributed by atoms with Crippen LogP contribution in [0.5, 0.6) is 0 Å². The molecule has 0 atom stereocenters. The second kappa shape index (κ2) is 11.1. The summed E-state index contributed by atoms with van der Waals surface area (Å²) in [5, 5.41) is 0. The Morgan fingerprint density at radius 1 is 1.05 bits per heavy atom. The highest BCUT2D eigenvalue weighted by Gasteiger charge is 2.15. The Morgan fingerprint density at radius 3 is 2.49 bits per heavy atom. The van der Waals surface area contributed by atoms with Gasteiger partial charge in [-0.05, 0) is 67.1 Å². The summed E-state index contributed by atoms with van der Waals surface area (Å²) in [6, 6.07) is 17.5. The van der Waals surface area contributed by atoms with E-state index in [4.69, 9.17) is 10.5 Å². The van der Waals surface area contributed by atoms with E-state index in [1.165, 1.54) is 12.1 Å². The van der Waals surface area contributed by atoms with Gasteiger partial charge >= 0.3 is 0 Å². The minimum absolute atomic E-state index is 0.176. The van der Waals surface area contributed by atoms with Crippen LogP contribution < -0.4 is 10.5 Å². The van der Waals surface area contributed by atoms with Crippen molar-refractivity contribution in [3.63, 3.8) is 0 Å². The number of sulfonamides is 1. The van der Waals surface area contributed by atoms with Crippen LogP contribution in [0.25, 0.3) is 27.9 Å². The molecule has 0 saturated carbocycles. The molecule has 0 amide bonds. The molecule has 1 fully saturated rings. The van der Waals surface area contributed by atoms with Crippen LogP contribution in [0.4, 0.5) is 11.8 Å². The van der Waals surface area contributed by atoms with E-state index in [0.717, 1.165) is 46.6 Å². The van der Waals surface area contributed by atoms with Crippen LogP contribution in [0.1, 0.15) is 6.92 Å². The molecular weight excluding hydrogens is 512 g/mol. The molecule has 10 heteroatoms. The maximum absolute atomic E-state index is 12.6. The number of allylic oxidation sites excluding steroid dienone is 4. The van der Waals surface area contributed by atoms with Crippen LogP contribution in [0.3, 0.4) is 0 Å². The zero-order valence-corrected chi connectivity index (χ0v) is 22.4. The van der Waals surface area contributed by atoms with E-state index in [9.17, 15) is 8.42 Å². The minimum atomic E-state index is -3.72. The summed E-state index contributed by atoms with van der Waals surface area (Å²) in [6.45, 7) is 8.99. The number of rotatable bonds is 8. The van der Waals surface area contributed by atoms with Crippen LogP contribution in [0.2, 0.25) is 0 Å². The molecule has 0 bridgehead atoms. The molecule has 3 N–H and O–H groups in total. The molecule has 1 aliphatic heterocycles. The number of benzene rings is 2. The van der Waals surface area contributed by atoms with E-state index in [-0.39, 0.29) is 10.7 Å². The van der Waals surface area contributed by atoms with Crippen LogP contribution in [-0.2, 0) is 14.8 Å². The number of imidazole rings is 1. The van der Waals surface area contributed by atoms with Gasteiger partial charge in [-0.15, -0.1) is 0 Å². The molecule has 0 radical (unpaired) electrons. The third-order valence-electron chi connectivity index (χ3n) is 6.50. The first-order chi connectivity index (χ1) is 18.9. The monoisotopic (exact) mass is 542 g/mol. The van der Waals surface area contributed by atoms with E-state index in [2.05, 4.69) is 26.2 Å². The number of nitrogen functional groups attached to an aromatic ring is 1. The summed E-state index contributed by atoms with van der Waals surface area (Å²) < 4.78 is 35.1. The number of nitrogens with one attached hydrogen (secondary N) is 1. The fraction of sp³-hybridized carbons (Fsp3) is 0.172. The highest BCUT2D eigenvalue weighted by molar-refractivity contribution is 7.92. The average molecular weight is 543 g/mol. The molecule has 1 saturated heterocycles. The molecule has 200 valence electrons. The van der Waals surface area contributed by atoms with Gasteiger partial charge in [-0.2, -0.15) is 0 Å². The summed E-state index contributed by atoms with van der Waals surface area (Å²) in [6.07, 6.45) is 7.52.